The standard InChI is InChI=1S/C22H23N5O3/c28-21-12-18(25-10-5-11-25)14-23-27(21)17-8-4-9-26(15-17)22(29)20-13-19(24-30-20)16-6-2-1-3-7-16/h1-3,6-7,12-14,17H,4-5,8-11,15H2. The molecule has 0 spiro atoms. The Morgan fingerprint density at radius 1 is 1.07 bits per heavy atom. The van der Waals surface area contributed by atoms with Gasteiger partial charge in [0.25, 0.3) is 11.5 Å². The summed E-state index contributed by atoms with van der Waals surface area (Å²) in [5.41, 5.74) is 2.29. The second-order valence-corrected chi connectivity index (χ2v) is 7.83. The van der Waals surface area contributed by atoms with Crippen molar-refractivity contribution in [2.75, 3.05) is 31.1 Å². The molecule has 8 nitrogen and oxygen atoms in total. The molecular weight excluding hydrogens is 382 g/mol. The lowest BCUT2D eigenvalue weighted by molar-refractivity contribution is 0.0628. The molecule has 0 radical (unpaired) electrons. The van der Waals surface area contributed by atoms with Crippen LogP contribution in [0.2, 0.25) is 0 Å². The molecule has 5 rings (SSSR count). The number of carbonyl (C=O) groups is 1. The number of nitrogens with zero attached hydrogens (tertiary/aromatic N) is 5. The zero-order valence-corrected chi connectivity index (χ0v) is 16.6. The van der Waals surface area contributed by atoms with E-state index in [1.807, 2.05) is 30.3 Å². The minimum absolute atomic E-state index is 0.121. The number of carbonyl (C=O) groups excluding carboxylic acids is 1. The number of benzene rings is 1. The van der Waals surface area contributed by atoms with Gasteiger partial charge in [0.05, 0.1) is 17.9 Å². The van der Waals surface area contributed by atoms with Crippen molar-refractivity contribution < 1.29 is 9.32 Å². The summed E-state index contributed by atoms with van der Waals surface area (Å²) in [6.07, 6.45) is 4.52. The molecule has 0 N–H and O–H groups in total. The first-order chi connectivity index (χ1) is 14.7. The summed E-state index contributed by atoms with van der Waals surface area (Å²) in [7, 11) is 0. The Kier molecular flexibility index (Phi) is 4.82. The molecule has 2 aliphatic heterocycles. The third-order valence-corrected chi connectivity index (χ3v) is 5.85. The molecule has 8 heteroatoms. The van der Waals surface area contributed by atoms with Crippen molar-refractivity contribution in [1.29, 1.82) is 0 Å². The molecule has 1 aromatic carbocycles. The summed E-state index contributed by atoms with van der Waals surface area (Å²) in [5.74, 6) is 0.00238. The van der Waals surface area contributed by atoms with Crippen LogP contribution < -0.4 is 10.5 Å². The Morgan fingerprint density at radius 2 is 1.90 bits per heavy atom. The van der Waals surface area contributed by atoms with Crippen molar-refractivity contribution in [3.8, 4) is 11.3 Å². The number of piperidine rings is 1. The number of rotatable bonds is 4. The minimum Gasteiger partial charge on any atom is -0.370 e. The van der Waals surface area contributed by atoms with Crippen LogP contribution in [0.5, 0.6) is 0 Å². The quantitative estimate of drug-likeness (QED) is 0.663. The number of anilines is 1. The van der Waals surface area contributed by atoms with Crippen molar-refractivity contribution in [3.05, 3.63) is 64.8 Å². The monoisotopic (exact) mass is 405 g/mol. The van der Waals surface area contributed by atoms with E-state index in [0.717, 1.165) is 43.6 Å². The Labute approximate surface area is 173 Å². The molecule has 0 bridgehead atoms. The molecule has 1 unspecified atom stereocenters. The number of amides is 1. The fourth-order valence-corrected chi connectivity index (χ4v) is 4.05. The molecule has 2 saturated heterocycles. The lowest BCUT2D eigenvalue weighted by atomic mass is 10.1. The predicted octanol–water partition coefficient (Wildman–Crippen LogP) is 2.59. The van der Waals surface area contributed by atoms with Gasteiger partial charge >= 0.3 is 0 Å². The van der Waals surface area contributed by atoms with E-state index in [-0.39, 0.29) is 23.3 Å². The van der Waals surface area contributed by atoms with Gasteiger partial charge in [0.1, 0.15) is 5.69 Å². The second-order valence-electron chi connectivity index (χ2n) is 7.83. The zero-order chi connectivity index (χ0) is 20.5. The van der Waals surface area contributed by atoms with Crippen molar-refractivity contribution in [1.82, 2.24) is 19.8 Å². The van der Waals surface area contributed by atoms with Crippen LogP contribution in [0.4, 0.5) is 5.69 Å². The predicted molar refractivity (Wildman–Crippen MR) is 111 cm³/mol. The number of aromatic nitrogens is 3. The van der Waals surface area contributed by atoms with Crippen LogP contribution in [0.15, 0.2) is 58.0 Å². The summed E-state index contributed by atoms with van der Waals surface area (Å²) in [6, 6.07) is 12.8. The van der Waals surface area contributed by atoms with Gasteiger partial charge < -0.3 is 14.3 Å². The van der Waals surface area contributed by atoms with Crippen LogP contribution in [-0.2, 0) is 0 Å². The second kappa shape index (κ2) is 7.78. The average molecular weight is 405 g/mol. The van der Waals surface area contributed by atoms with E-state index in [9.17, 15) is 9.59 Å². The van der Waals surface area contributed by atoms with Gasteiger partial charge in [-0.25, -0.2) is 4.68 Å². The summed E-state index contributed by atoms with van der Waals surface area (Å²) in [5, 5.41) is 8.44. The van der Waals surface area contributed by atoms with Crippen LogP contribution >= 0.6 is 0 Å². The van der Waals surface area contributed by atoms with Crippen LogP contribution in [0.25, 0.3) is 11.3 Å². The fraction of sp³-hybridized carbons (Fsp3) is 0.364. The van der Waals surface area contributed by atoms with Gasteiger partial charge in [-0.1, -0.05) is 35.5 Å². The zero-order valence-electron chi connectivity index (χ0n) is 16.6. The first-order valence-corrected chi connectivity index (χ1v) is 10.3. The number of hydrogen-bond donors (Lipinski definition) is 0. The summed E-state index contributed by atoms with van der Waals surface area (Å²) in [6.45, 7) is 2.99. The maximum absolute atomic E-state index is 13.0. The average Bonchev–Trinajstić information content (AvgIpc) is 3.23. The number of likely N-dealkylation sites (tertiary alicyclic amines) is 1. The van der Waals surface area contributed by atoms with Crippen molar-refractivity contribution in [2.45, 2.75) is 25.3 Å². The Morgan fingerprint density at radius 3 is 2.63 bits per heavy atom. The topological polar surface area (TPSA) is 84.5 Å². The lowest BCUT2D eigenvalue weighted by Crippen LogP contribution is -2.44. The van der Waals surface area contributed by atoms with E-state index >= 15 is 0 Å². The highest BCUT2D eigenvalue weighted by Gasteiger charge is 2.29. The van der Waals surface area contributed by atoms with E-state index in [4.69, 9.17) is 4.52 Å². The molecule has 3 aromatic rings. The highest BCUT2D eigenvalue weighted by atomic mass is 16.5. The molecule has 2 aliphatic rings. The molecule has 4 heterocycles. The van der Waals surface area contributed by atoms with Crippen LogP contribution in [0.1, 0.15) is 35.9 Å². The SMILES string of the molecule is O=C(c1cc(-c2ccccc2)no1)N1CCCC(n2ncc(N3CCC3)cc2=O)C1. The Balaban J connectivity index is 1.31. The van der Waals surface area contributed by atoms with Crippen molar-refractivity contribution in [3.63, 3.8) is 0 Å². The van der Waals surface area contributed by atoms with Gasteiger partial charge in [0, 0.05) is 43.9 Å². The molecule has 1 atom stereocenters. The first kappa shape index (κ1) is 18.6. The van der Waals surface area contributed by atoms with Gasteiger partial charge in [-0.2, -0.15) is 5.10 Å². The minimum atomic E-state index is -0.209. The van der Waals surface area contributed by atoms with Crippen molar-refractivity contribution >= 4 is 11.6 Å². The molecule has 154 valence electrons. The molecule has 0 saturated carbocycles. The normalized spacial score (nSPS) is 18.9. The van der Waals surface area contributed by atoms with E-state index in [0.29, 0.717) is 18.8 Å². The number of hydrogen-bond acceptors (Lipinski definition) is 6. The van der Waals surface area contributed by atoms with Crippen LogP contribution in [0, 0.1) is 0 Å². The third-order valence-electron chi connectivity index (χ3n) is 5.85. The maximum atomic E-state index is 13.0. The summed E-state index contributed by atoms with van der Waals surface area (Å²) in [4.78, 5) is 29.5. The fourth-order valence-electron chi connectivity index (χ4n) is 4.05. The first-order valence-electron chi connectivity index (χ1n) is 10.3. The van der Waals surface area contributed by atoms with E-state index in [1.165, 1.54) is 4.68 Å². The van der Waals surface area contributed by atoms with E-state index < -0.39 is 0 Å². The maximum Gasteiger partial charge on any atom is 0.292 e. The summed E-state index contributed by atoms with van der Waals surface area (Å²) < 4.78 is 6.84. The molecule has 30 heavy (non-hydrogen) atoms. The largest absolute Gasteiger partial charge is 0.370 e. The van der Waals surface area contributed by atoms with Gasteiger partial charge in [0.2, 0.25) is 5.76 Å². The Bertz CT molecular complexity index is 1100. The molecule has 1 amide bonds. The molecule has 2 aromatic heterocycles. The highest BCUT2D eigenvalue weighted by Crippen LogP contribution is 2.24. The molecule has 2 fully saturated rings. The van der Waals surface area contributed by atoms with Crippen LogP contribution in [-0.4, -0.2) is 51.9 Å². The smallest absolute Gasteiger partial charge is 0.292 e. The molecular formula is C22H23N5O3. The Hall–Kier alpha value is -3.42. The molecule has 0 aliphatic carbocycles. The van der Waals surface area contributed by atoms with Gasteiger partial charge in [-0.15, -0.1) is 0 Å². The van der Waals surface area contributed by atoms with Crippen molar-refractivity contribution in [2.24, 2.45) is 0 Å². The van der Waals surface area contributed by atoms with E-state index in [1.54, 1.807) is 23.2 Å². The van der Waals surface area contributed by atoms with Gasteiger partial charge in [-0.05, 0) is 19.3 Å². The highest BCUT2D eigenvalue weighted by molar-refractivity contribution is 5.92. The van der Waals surface area contributed by atoms with Gasteiger partial charge in [-0.3, -0.25) is 9.59 Å². The third kappa shape index (κ3) is 3.49. The van der Waals surface area contributed by atoms with E-state index in [2.05, 4.69) is 15.2 Å². The van der Waals surface area contributed by atoms with Gasteiger partial charge in [0.15, 0.2) is 0 Å². The van der Waals surface area contributed by atoms with Crippen LogP contribution in [0.3, 0.4) is 0 Å². The summed E-state index contributed by atoms with van der Waals surface area (Å²) >= 11 is 0. The lowest BCUT2D eigenvalue weighted by Gasteiger charge is -2.34.